The molecule has 0 fully saturated rings. The fourth-order valence-electron chi connectivity index (χ4n) is 1.82. The fourth-order valence-corrected chi connectivity index (χ4v) is 2.50. The molecule has 0 atom stereocenters. The van der Waals surface area contributed by atoms with Crippen LogP contribution < -0.4 is 5.32 Å². The highest BCUT2D eigenvalue weighted by atomic mass is 32.1. The predicted octanol–water partition coefficient (Wildman–Crippen LogP) is 3.76. The van der Waals surface area contributed by atoms with Gasteiger partial charge < -0.3 is 5.32 Å². The highest BCUT2D eigenvalue weighted by Gasteiger charge is 2.12. The van der Waals surface area contributed by atoms with Crippen LogP contribution in [0, 0.1) is 6.92 Å². The van der Waals surface area contributed by atoms with E-state index < -0.39 is 0 Å². The fraction of sp³-hybridized carbons (Fsp3) is 0.615. The highest BCUT2D eigenvalue weighted by molar-refractivity contribution is 7.10. The molecule has 1 aromatic rings. The molecule has 0 bridgehead atoms. The number of hydrogen-bond acceptors (Lipinski definition) is 2. The smallest absolute Gasteiger partial charge is 0.252 e. The second-order valence-electron chi connectivity index (χ2n) is 4.19. The van der Waals surface area contributed by atoms with E-state index >= 15 is 0 Å². The van der Waals surface area contributed by atoms with E-state index in [0.29, 0.717) is 6.04 Å². The predicted molar refractivity (Wildman–Crippen MR) is 70.1 cm³/mol. The van der Waals surface area contributed by atoms with Crippen molar-refractivity contribution in [1.29, 1.82) is 0 Å². The second kappa shape index (κ2) is 6.69. The number of thiophene rings is 1. The van der Waals surface area contributed by atoms with Gasteiger partial charge in [0.1, 0.15) is 0 Å². The van der Waals surface area contributed by atoms with Crippen LogP contribution in [0.15, 0.2) is 11.4 Å². The van der Waals surface area contributed by atoms with Crippen molar-refractivity contribution < 1.29 is 4.79 Å². The van der Waals surface area contributed by atoms with Crippen molar-refractivity contribution >= 4 is 17.2 Å². The molecule has 1 heterocycles. The summed E-state index contributed by atoms with van der Waals surface area (Å²) in [5.74, 6) is 0.0799. The molecular formula is C13H21NOS. The number of amides is 1. The van der Waals surface area contributed by atoms with Gasteiger partial charge in [-0.2, -0.15) is 0 Å². The van der Waals surface area contributed by atoms with Crippen LogP contribution in [0.25, 0.3) is 0 Å². The van der Waals surface area contributed by atoms with Crippen molar-refractivity contribution in [1.82, 2.24) is 5.32 Å². The van der Waals surface area contributed by atoms with Crippen LogP contribution in [0.1, 0.15) is 54.8 Å². The molecule has 0 aromatic carbocycles. The summed E-state index contributed by atoms with van der Waals surface area (Å²) in [6.07, 6.45) is 4.38. The molecular weight excluding hydrogens is 218 g/mol. The summed E-state index contributed by atoms with van der Waals surface area (Å²) in [5, 5.41) is 5.05. The lowest BCUT2D eigenvalue weighted by Crippen LogP contribution is -2.34. The number of carbonyl (C=O) groups is 1. The lowest BCUT2D eigenvalue weighted by molar-refractivity contribution is 0.0933. The van der Waals surface area contributed by atoms with Gasteiger partial charge in [-0.05, 0) is 25.8 Å². The molecule has 1 rings (SSSR count). The van der Waals surface area contributed by atoms with Crippen LogP contribution in [0.3, 0.4) is 0 Å². The first-order valence-corrected chi connectivity index (χ1v) is 6.91. The number of carbonyl (C=O) groups excluding carboxylic acids is 1. The topological polar surface area (TPSA) is 29.1 Å². The average Bonchev–Trinajstić information content (AvgIpc) is 2.65. The molecule has 0 radical (unpaired) electrons. The van der Waals surface area contributed by atoms with Gasteiger partial charge in [-0.1, -0.05) is 26.7 Å². The Morgan fingerprint density at radius 1 is 1.38 bits per heavy atom. The largest absolute Gasteiger partial charge is 0.349 e. The first-order chi connectivity index (χ1) is 7.67. The average molecular weight is 239 g/mol. The normalized spacial score (nSPS) is 10.8. The second-order valence-corrected chi connectivity index (χ2v) is 5.31. The molecule has 90 valence electrons. The first-order valence-electron chi connectivity index (χ1n) is 6.03. The van der Waals surface area contributed by atoms with Crippen molar-refractivity contribution in [3.63, 3.8) is 0 Å². The van der Waals surface area contributed by atoms with E-state index in [9.17, 15) is 4.79 Å². The van der Waals surface area contributed by atoms with E-state index in [0.717, 1.165) is 31.2 Å². The summed E-state index contributed by atoms with van der Waals surface area (Å²) in [6.45, 7) is 6.34. The Labute approximate surface area is 102 Å². The SMILES string of the molecule is CCCC(CCC)NC(=O)c1csc(C)c1. The highest BCUT2D eigenvalue weighted by Crippen LogP contribution is 2.14. The standard InChI is InChI=1S/C13H21NOS/c1-4-6-12(7-5-2)14-13(15)11-8-10(3)16-9-11/h8-9,12H,4-7H2,1-3H3,(H,14,15). The molecule has 0 aliphatic carbocycles. The Morgan fingerprint density at radius 2 is 2.00 bits per heavy atom. The minimum atomic E-state index is 0.0799. The van der Waals surface area contributed by atoms with Crippen LogP contribution in [-0.2, 0) is 0 Å². The van der Waals surface area contributed by atoms with Crippen molar-refractivity contribution in [2.75, 3.05) is 0 Å². The molecule has 0 saturated heterocycles. The van der Waals surface area contributed by atoms with Gasteiger partial charge in [0.25, 0.3) is 5.91 Å². The van der Waals surface area contributed by atoms with Gasteiger partial charge in [-0.3, -0.25) is 4.79 Å². The molecule has 0 aliphatic heterocycles. The molecule has 1 N–H and O–H groups in total. The van der Waals surface area contributed by atoms with E-state index in [1.807, 2.05) is 18.4 Å². The van der Waals surface area contributed by atoms with Crippen molar-refractivity contribution in [3.05, 3.63) is 21.9 Å². The van der Waals surface area contributed by atoms with Crippen LogP contribution in [0.5, 0.6) is 0 Å². The van der Waals surface area contributed by atoms with Crippen LogP contribution in [0.4, 0.5) is 0 Å². The number of aryl methyl sites for hydroxylation is 1. The van der Waals surface area contributed by atoms with E-state index in [1.165, 1.54) is 4.88 Å². The maximum atomic E-state index is 11.9. The lowest BCUT2D eigenvalue weighted by Gasteiger charge is -2.16. The Hall–Kier alpha value is -0.830. The van der Waals surface area contributed by atoms with Gasteiger partial charge in [-0.15, -0.1) is 11.3 Å². The first kappa shape index (κ1) is 13.2. The third kappa shape index (κ3) is 3.97. The zero-order chi connectivity index (χ0) is 12.0. The van der Waals surface area contributed by atoms with E-state index in [2.05, 4.69) is 19.2 Å². The third-order valence-corrected chi connectivity index (χ3v) is 3.46. The Morgan fingerprint density at radius 3 is 2.44 bits per heavy atom. The maximum Gasteiger partial charge on any atom is 0.252 e. The van der Waals surface area contributed by atoms with Crippen LogP contribution in [0.2, 0.25) is 0 Å². The summed E-state index contributed by atoms with van der Waals surface area (Å²) < 4.78 is 0. The van der Waals surface area contributed by atoms with Crippen molar-refractivity contribution in [2.45, 2.75) is 52.5 Å². The maximum absolute atomic E-state index is 11.9. The van der Waals surface area contributed by atoms with Crippen LogP contribution in [-0.4, -0.2) is 11.9 Å². The zero-order valence-electron chi connectivity index (χ0n) is 10.4. The number of rotatable bonds is 6. The van der Waals surface area contributed by atoms with E-state index in [1.54, 1.807) is 11.3 Å². The molecule has 1 amide bonds. The number of nitrogens with one attached hydrogen (secondary N) is 1. The molecule has 2 nitrogen and oxygen atoms in total. The minimum Gasteiger partial charge on any atom is -0.349 e. The lowest BCUT2D eigenvalue weighted by atomic mass is 10.1. The van der Waals surface area contributed by atoms with Crippen LogP contribution >= 0.6 is 11.3 Å². The zero-order valence-corrected chi connectivity index (χ0v) is 11.2. The quantitative estimate of drug-likeness (QED) is 0.804. The Bertz CT molecular complexity index is 326. The van der Waals surface area contributed by atoms with Gasteiger partial charge in [0.2, 0.25) is 0 Å². The molecule has 1 aromatic heterocycles. The summed E-state index contributed by atoms with van der Waals surface area (Å²) in [4.78, 5) is 13.1. The molecule has 3 heteroatoms. The van der Waals surface area contributed by atoms with Crippen molar-refractivity contribution in [2.24, 2.45) is 0 Å². The molecule has 0 unspecified atom stereocenters. The van der Waals surface area contributed by atoms with Gasteiger partial charge in [-0.25, -0.2) is 0 Å². The molecule has 0 saturated carbocycles. The van der Waals surface area contributed by atoms with Gasteiger partial charge in [0, 0.05) is 16.3 Å². The van der Waals surface area contributed by atoms with Gasteiger partial charge >= 0.3 is 0 Å². The van der Waals surface area contributed by atoms with Crippen molar-refractivity contribution in [3.8, 4) is 0 Å². The monoisotopic (exact) mass is 239 g/mol. The summed E-state index contributed by atoms with van der Waals surface area (Å²) in [6, 6.07) is 2.29. The minimum absolute atomic E-state index is 0.0799. The van der Waals surface area contributed by atoms with Gasteiger partial charge in [0.15, 0.2) is 0 Å². The third-order valence-electron chi connectivity index (χ3n) is 2.60. The summed E-state index contributed by atoms with van der Waals surface area (Å²) in [5.41, 5.74) is 0.805. The number of hydrogen-bond donors (Lipinski definition) is 1. The molecule has 0 aliphatic rings. The Balaban J connectivity index is 2.54. The molecule has 0 spiro atoms. The van der Waals surface area contributed by atoms with E-state index in [-0.39, 0.29) is 5.91 Å². The summed E-state index contributed by atoms with van der Waals surface area (Å²) in [7, 11) is 0. The summed E-state index contributed by atoms with van der Waals surface area (Å²) >= 11 is 1.63. The van der Waals surface area contributed by atoms with E-state index in [4.69, 9.17) is 0 Å². The van der Waals surface area contributed by atoms with Gasteiger partial charge in [0.05, 0.1) is 5.56 Å². The molecule has 16 heavy (non-hydrogen) atoms. The Kier molecular flexibility index (Phi) is 5.53.